The normalized spacial score (nSPS) is 14.1. The van der Waals surface area contributed by atoms with Crippen LogP contribution in [0, 0.1) is 0 Å². The van der Waals surface area contributed by atoms with Gasteiger partial charge in [-0.15, -0.1) is 0 Å². The van der Waals surface area contributed by atoms with E-state index in [1.807, 2.05) is 0 Å². The summed E-state index contributed by atoms with van der Waals surface area (Å²) in [6, 6.07) is 0. The summed E-state index contributed by atoms with van der Waals surface area (Å²) in [5, 5.41) is 0. The van der Waals surface area contributed by atoms with Gasteiger partial charge in [0.15, 0.2) is 0 Å². The fraction of sp³-hybridized carbons (Fsp3) is 1.00. The summed E-state index contributed by atoms with van der Waals surface area (Å²) in [5.41, 5.74) is 0. The second-order valence-corrected chi connectivity index (χ2v) is 6.07. The lowest BCUT2D eigenvalue weighted by molar-refractivity contribution is -0.115. The number of alkyl halides is 6. The molecule has 0 unspecified atom stereocenters. The van der Waals surface area contributed by atoms with E-state index in [1.54, 1.807) is 6.92 Å². The van der Waals surface area contributed by atoms with Crippen molar-refractivity contribution in [3.8, 4) is 0 Å². The van der Waals surface area contributed by atoms with Gasteiger partial charge in [0.25, 0.3) is 0 Å². The molecule has 0 saturated heterocycles. The quantitative estimate of drug-likeness (QED) is 0.415. The minimum Gasteiger partial charge on any atom is -0.328 e. The van der Waals surface area contributed by atoms with Crippen LogP contribution >= 0.6 is 7.37 Å². The Morgan fingerprint density at radius 3 is 1.71 bits per heavy atom. The van der Waals surface area contributed by atoms with Gasteiger partial charge in [-0.25, -0.2) is 0 Å². The molecule has 0 rings (SSSR count). The maximum Gasteiger partial charge on any atom is 0.398 e. The fourth-order valence-corrected chi connectivity index (χ4v) is 2.92. The highest BCUT2D eigenvalue weighted by Crippen LogP contribution is 2.54. The number of unbranched alkanes of at least 4 members (excludes halogenated alkanes) is 1. The molecule has 0 aliphatic rings. The van der Waals surface area contributed by atoms with E-state index in [1.165, 1.54) is 0 Å². The molecule has 0 N–H and O–H groups in total. The Hall–Kier alpha value is -0.230. The van der Waals surface area contributed by atoms with Crippen LogP contribution in [0.25, 0.3) is 0 Å². The van der Waals surface area contributed by atoms with Crippen LogP contribution in [-0.2, 0) is 9.09 Å². The molecule has 0 aromatic heterocycles. The van der Waals surface area contributed by atoms with Crippen molar-refractivity contribution in [3.63, 3.8) is 0 Å². The molecule has 0 amide bonds. The Labute approximate surface area is 94.8 Å². The number of hydrogen-bond acceptors (Lipinski definition) is 2. The first-order chi connectivity index (χ1) is 7.47. The van der Waals surface area contributed by atoms with Gasteiger partial charge in [-0.2, -0.15) is 26.3 Å². The van der Waals surface area contributed by atoms with Gasteiger partial charge in [-0.3, -0.25) is 4.57 Å². The molecule has 0 aliphatic carbocycles. The molecule has 0 spiro atoms. The molecule has 2 nitrogen and oxygen atoms in total. The Bertz CT molecular complexity index is 252. The Kier molecular flexibility index (Phi) is 6.01. The Balaban J connectivity index is 4.64. The maximum atomic E-state index is 12.0. The molecule has 0 aliphatic heterocycles. The van der Waals surface area contributed by atoms with Crippen LogP contribution in [0.3, 0.4) is 0 Å². The second-order valence-electron chi connectivity index (χ2n) is 3.55. The van der Waals surface area contributed by atoms with Crippen molar-refractivity contribution in [2.45, 2.75) is 32.1 Å². The minimum absolute atomic E-state index is 0.264. The molecular formula is C8H13F6O2P. The molecule has 0 saturated carbocycles. The van der Waals surface area contributed by atoms with Crippen LogP contribution < -0.4 is 0 Å². The summed E-state index contributed by atoms with van der Waals surface area (Å²) in [7, 11) is -4.74. The monoisotopic (exact) mass is 286 g/mol. The third-order valence-electron chi connectivity index (χ3n) is 1.66. The van der Waals surface area contributed by atoms with Crippen molar-refractivity contribution < 1.29 is 35.4 Å². The first-order valence-corrected chi connectivity index (χ1v) is 6.83. The lowest BCUT2D eigenvalue weighted by atomic mass is 10.4. The highest BCUT2D eigenvalue weighted by Gasteiger charge is 2.46. The largest absolute Gasteiger partial charge is 0.398 e. The smallest absolute Gasteiger partial charge is 0.328 e. The molecule has 0 bridgehead atoms. The Morgan fingerprint density at radius 1 is 1.00 bits per heavy atom. The molecule has 0 aromatic carbocycles. The molecule has 0 fully saturated rings. The SMILES string of the molecule is CCCCOP(=O)(CC(F)(F)F)CC(F)(F)F. The summed E-state index contributed by atoms with van der Waals surface area (Å²) in [6.07, 6.45) is -13.2. The first kappa shape index (κ1) is 16.8. The highest BCUT2D eigenvalue weighted by molar-refractivity contribution is 7.59. The predicted octanol–water partition coefficient (Wildman–Crippen LogP) is 4.21. The van der Waals surface area contributed by atoms with Gasteiger partial charge in [-0.1, -0.05) is 13.3 Å². The van der Waals surface area contributed by atoms with Gasteiger partial charge < -0.3 is 4.52 Å². The molecular weight excluding hydrogens is 273 g/mol. The van der Waals surface area contributed by atoms with E-state index in [2.05, 4.69) is 4.52 Å². The molecule has 0 atom stereocenters. The number of rotatable bonds is 6. The lowest BCUT2D eigenvalue weighted by Gasteiger charge is -2.21. The maximum absolute atomic E-state index is 12.0. The highest BCUT2D eigenvalue weighted by atomic mass is 31.2. The molecule has 0 radical (unpaired) electrons. The lowest BCUT2D eigenvalue weighted by Crippen LogP contribution is -2.23. The van der Waals surface area contributed by atoms with Gasteiger partial charge in [0, 0.05) is 0 Å². The van der Waals surface area contributed by atoms with Crippen molar-refractivity contribution in [2.24, 2.45) is 0 Å². The molecule has 0 aromatic rings. The van der Waals surface area contributed by atoms with Crippen LogP contribution in [0.4, 0.5) is 26.3 Å². The van der Waals surface area contributed by atoms with E-state index >= 15 is 0 Å². The third kappa shape index (κ3) is 9.47. The van der Waals surface area contributed by atoms with E-state index in [-0.39, 0.29) is 13.0 Å². The summed E-state index contributed by atoms with van der Waals surface area (Å²) in [6.45, 7) is 1.32. The average Bonchev–Trinajstić information content (AvgIpc) is 1.96. The van der Waals surface area contributed by atoms with Gasteiger partial charge in [0.1, 0.15) is 12.3 Å². The fourth-order valence-electron chi connectivity index (χ4n) is 1.07. The van der Waals surface area contributed by atoms with E-state index in [4.69, 9.17) is 0 Å². The number of halogens is 6. The van der Waals surface area contributed by atoms with Crippen LogP contribution in [0.2, 0.25) is 0 Å². The standard InChI is InChI=1S/C8H13F6O2P/c1-2-3-4-16-17(15,5-7(9,10)11)6-8(12,13)14/h2-6H2,1H3. The van der Waals surface area contributed by atoms with Crippen LogP contribution in [0.5, 0.6) is 0 Å². The van der Waals surface area contributed by atoms with Crippen molar-refractivity contribution in [3.05, 3.63) is 0 Å². The minimum atomic E-state index is -4.94. The van der Waals surface area contributed by atoms with Crippen LogP contribution in [0.1, 0.15) is 19.8 Å². The van der Waals surface area contributed by atoms with Crippen molar-refractivity contribution in [2.75, 3.05) is 18.9 Å². The third-order valence-corrected chi connectivity index (χ3v) is 4.00. The Morgan fingerprint density at radius 2 is 1.41 bits per heavy atom. The van der Waals surface area contributed by atoms with E-state index in [9.17, 15) is 30.9 Å². The zero-order valence-electron chi connectivity index (χ0n) is 9.07. The van der Waals surface area contributed by atoms with Crippen molar-refractivity contribution in [1.82, 2.24) is 0 Å². The van der Waals surface area contributed by atoms with Gasteiger partial charge in [-0.05, 0) is 6.42 Å². The summed E-state index contributed by atoms with van der Waals surface area (Å²) < 4.78 is 87.9. The van der Waals surface area contributed by atoms with E-state index in [0.29, 0.717) is 6.42 Å². The van der Waals surface area contributed by atoms with Gasteiger partial charge in [0.05, 0.1) is 6.61 Å². The summed E-state index contributed by atoms with van der Waals surface area (Å²) >= 11 is 0. The van der Waals surface area contributed by atoms with Gasteiger partial charge in [0.2, 0.25) is 7.37 Å². The molecule has 9 heteroatoms. The zero-order valence-corrected chi connectivity index (χ0v) is 9.96. The zero-order chi connectivity index (χ0) is 13.7. The second kappa shape index (κ2) is 6.09. The molecule has 104 valence electrons. The van der Waals surface area contributed by atoms with Crippen molar-refractivity contribution >= 4 is 7.37 Å². The molecule has 0 heterocycles. The first-order valence-electron chi connectivity index (χ1n) is 4.83. The predicted molar refractivity (Wildman–Crippen MR) is 50.3 cm³/mol. The average molecular weight is 286 g/mol. The van der Waals surface area contributed by atoms with E-state index in [0.717, 1.165) is 0 Å². The number of hydrogen-bond donors (Lipinski definition) is 0. The summed E-state index contributed by atoms with van der Waals surface area (Å²) in [4.78, 5) is 0. The van der Waals surface area contributed by atoms with Crippen LogP contribution in [-0.4, -0.2) is 31.3 Å². The van der Waals surface area contributed by atoms with Crippen LogP contribution in [0.15, 0.2) is 0 Å². The van der Waals surface area contributed by atoms with Crippen molar-refractivity contribution in [1.29, 1.82) is 0 Å². The molecule has 17 heavy (non-hydrogen) atoms. The topological polar surface area (TPSA) is 26.3 Å². The summed E-state index contributed by atoms with van der Waals surface area (Å²) in [5.74, 6) is 0. The van der Waals surface area contributed by atoms with Gasteiger partial charge >= 0.3 is 12.4 Å². The van der Waals surface area contributed by atoms with E-state index < -0.39 is 32.0 Å².